The Hall–Kier alpha value is -2.71. The summed E-state index contributed by atoms with van der Waals surface area (Å²) >= 11 is 1.60. The zero-order valence-electron chi connectivity index (χ0n) is 15.3. The van der Waals surface area contributed by atoms with E-state index in [2.05, 4.69) is 10.6 Å². The molecule has 2 amide bonds. The van der Waals surface area contributed by atoms with E-state index in [4.69, 9.17) is 9.47 Å². The number of hydrogen-bond donors (Lipinski definition) is 3. The summed E-state index contributed by atoms with van der Waals surface area (Å²) < 4.78 is 10.3. The Kier molecular flexibility index (Phi) is 7.51. The second-order valence-electron chi connectivity index (χ2n) is 5.52. The minimum absolute atomic E-state index is 0.0726. The first-order chi connectivity index (χ1) is 13.0. The lowest BCUT2D eigenvalue weighted by atomic mass is 10.1. The summed E-state index contributed by atoms with van der Waals surface area (Å²) in [5, 5.41) is 15.0. The summed E-state index contributed by atoms with van der Waals surface area (Å²) in [5.41, 5.74) is 1.05. The zero-order valence-corrected chi connectivity index (χ0v) is 16.1. The van der Waals surface area contributed by atoms with Crippen LogP contribution in [0.4, 0.5) is 5.69 Å². The third kappa shape index (κ3) is 5.63. The molecule has 3 N–H and O–H groups in total. The van der Waals surface area contributed by atoms with E-state index in [1.54, 1.807) is 42.1 Å². The first kappa shape index (κ1) is 20.6. The fraction of sp³-hybridized carbons (Fsp3) is 0.263. The highest BCUT2D eigenvalue weighted by atomic mass is 32.2. The molecule has 7 nitrogen and oxygen atoms in total. The van der Waals surface area contributed by atoms with Crippen molar-refractivity contribution in [3.63, 3.8) is 0 Å². The maximum atomic E-state index is 12.0. The van der Waals surface area contributed by atoms with Gasteiger partial charge in [-0.1, -0.05) is 12.1 Å². The minimum atomic E-state index is -0.904. The van der Waals surface area contributed by atoms with Crippen molar-refractivity contribution in [2.75, 3.05) is 32.3 Å². The Bertz CT molecular complexity index is 795. The lowest BCUT2D eigenvalue weighted by Crippen LogP contribution is -2.37. The molecule has 0 aliphatic heterocycles. The number of hydrogen-bond acceptors (Lipinski definition) is 6. The second kappa shape index (κ2) is 9.84. The Balaban J connectivity index is 1.90. The van der Waals surface area contributed by atoms with Crippen LogP contribution in [0.2, 0.25) is 0 Å². The van der Waals surface area contributed by atoms with Crippen LogP contribution in [0.1, 0.15) is 11.7 Å². The average molecular weight is 390 g/mol. The summed E-state index contributed by atoms with van der Waals surface area (Å²) in [7, 11) is 2.98. The van der Waals surface area contributed by atoms with E-state index in [0.29, 0.717) is 22.7 Å². The fourth-order valence-electron chi connectivity index (χ4n) is 2.32. The highest BCUT2D eigenvalue weighted by Crippen LogP contribution is 2.29. The molecule has 8 heteroatoms. The number of nitrogens with one attached hydrogen (secondary N) is 2. The number of amides is 2. The van der Waals surface area contributed by atoms with E-state index < -0.39 is 17.9 Å². The van der Waals surface area contributed by atoms with Gasteiger partial charge in [-0.05, 0) is 36.1 Å². The Labute approximate surface area is 162 Å². The molecule has 1 unspecified atom stereocenters. The molecule has 2 aromatic rings. The molecule has 0 aliphatic rings. The van der Waals surface area contributed by atoms with Crippen LogP contribution in [-0.2, 0) is 9.59 Å². The molecule has 0 aromatic heterocycles. The summed E-state index contributed by atoms with van der Waals surface area (Å²) in [4.78, 5) is 25.1. The molecule has 0 bridgehead atoms. The quantitative estimate of drug-likeness (QED) is 0.495. The SMILES string of the molecule is COc1ccc(NC(=O)C(=O)NCC(O)c2ccc(SC)cc2)cc1OC. The van der Waals surface area contributed by atoms with Crippen molar-refractivity contribution < 1.29 is 24.2 Å². The van der Waals surface area contributed by atoms with Crippen molar-refractivity contribution >= 4 is 29.3 Å². The number of rotatable bonds is 7. The van der Waals surface area contributed by atoms with Gasteiger partial charge in [0.2, 0.25) is 0 Å². The maximum Gasteiger partial charge on any atom is 0.313 e. The summed E-state index contributed by atoms with van der Waals surface area (Å²) in [6.45, 7) is -0.0726. The van der Waals surface area contributed by atoms with Gasteiger partial charge in [0.05, 0.1) is 20.3 Å². The first-order valence-electron chi connectivity index (χ1n) is 8.11. The second-order valence-corrected chi connectivity index (χ2v) is 6.40. The molecule has 2 rings (SSSR count). The number of anilines is 1. The number of carbonyl (C=O) groups excluding carboxylic acids is 2. The van der Waals surface area contributed by atoms with Crippen LogP contribution in [0.3, 0.4) is 0 Å². The number of thioether (sulfide) groups is 1. The lowest BCUT2D eigenvalue weighted by Gasteiger charge is -2.13. The molecule has 2 aromatic carbocycles. The van der Waals surface area contributed by atoms with Gasteiger partial charge in [0.1, 0.15) is 0 Å². The van der Waals surface area contributed by atoms with Crippen LogP contribution in [0.5, 0.6) is 11.5 Å². The topological polar surface area (TPSA) is 96.9 Å². The van der Waals surface area contributed by atoms with E-state index in [1.165, 1.54) is 14.2 Å². The smallest absolute Gasteiger partial charge is 0.313 e. The van der Waals surface area contributed by atoms with Crippen molar-refractivity contribution in [2.45, 2.75) is 11.0 Å². The van der Waals surface area contributed by atoms with E-state index in [1.807, 2.05) is 18.4 Å². The van der Waals surface area contributed by atoms with Crippen LogP contribution in [0, 0.1) is 0 Å². The highest BCUT2D eigenvalue weighted by molar-refractivity contribution is 7.98. The van der Waals surface area contributed by atoms with Crippen molar-refractivity contribution in [2.24, 2.45) is 0 Å². The van der Waals surface area contributed by atoms with Gasteiger partial charge in [0.25, 0.3) is 0 Å². The molecule has 0 fully saturated rings. The summed E-state index contributed by atoms with van der Waals surface area (Å²) in [6.07, 6.45) is 1.06. The lowest BCUT2D eigenvalue weighted by molar-refractivity contribution is -0.136. The van der Waals surface area contributed by atoms with E-state index in [9.17, 15) is 14.7 Å². The van der Waals surface area contributed by atoms with E-state index in [0.717, 1.165) is 4.90 Å². The molecule has 0 aliphatic carbocycles. The highest BCUT2D eigenvalue weighted by Gasteiger charge is 2.17. The van der Waals surface area contributed by atoms with Gasteiger partial charge in [-0.25, -0.2) is 0 Å². The van der Waals surface area contributed by atoms with Crippen LogP contribution in [-0.4, -0.2) is 43.9 Å². The van der Waals surface area contributed by atoms with Crippen molar-refractivity contribution in [3.05, 3.63) is 48.0 Å². The van der Waals surface area contributed by atoms with E-state index in [-0.39, 0.29) is 6.54 Å². The minimum Gasteiger partial charge on any atom is -0.493 e. The molecule has 0 saturated carbocycles. The number of ether oxygens (including phenoxy) is 2. The molecular weight excluding hydrogens is 368 g/mol. The predicted octanol–water partition coefficient (Wildman–Crippen LogP) is 2.21. The Morgan fingerprint density at radius 1 is 1.04 bits per heavy atom. The number of carbonyl (C=O) groups is 2. The third-order valence-corrected chi connectivity index (χ3v) is 4.55. The molecule has 1 atom stereocenters. The van der Waals surface area contributed by atoms with Crippen LogP contribution >= 0.6 is 11.8 Å². The monoisotopic (exact) mass is 390 g/mol. The first-order valence-corrected chi connectivity index (χ1v) is 9.34. The number of methoxy groups -OCH3 is 2. The number of benzene rings is 2. The van der Waals surface area contributed by atoms with Gasteiger partial charge in [-0.15, -0.1) is 11.8 Å². The van der Waals surface area contributed by atoms with Gasteiger partial charge in [0, 0.05) is 23.2 Å². The number of aliphatic hydroxyl groups excluding tert-OH is 1. The van der Waals surface area contributed by atoms with Gasteiger partial charge in [-0.2, -0.15) is 0 Å². The molecule has 27 heavy (non-hydrogen) atoms. The van der Waals surface area contributed by atoms with Crippen molar-refractivity contribution in [3.8, 4) is 11.5 Å². The van der Waals surface area contributed by atoms with Crippen molar-refractivity contribution in [1.29, 1.82) is 0 Å². The summed E-state index contributed by atoms with van der Waals surface area (Å²) in [6, 6.07) is 12.1. The van der Waals surface area contributed by atoms with Gasteiger partial charge in [-0.3, -0.25) is 9.59 Å². The van der Waals surface area contributed by atoms with Gasteiger partial charge in [0.15, 0.2) is 11.5 Å². The molecule has 0 radical (unpaired) electrons. The van der Waals surface area contributed by atoms with Gasteiger partial charge < -0.3 is 25.2 Å². The van der Waals surface area contributed by atoms with E-state index >= 15 is 0 Å². The third-order valence-electron chi connectivity index (χ3n) is 3.80. The predicted molar refractivity (Wildman–Crippen MR) is 104 cm³/mol. The molecular formula is C19H22N2O5S. The molecule has 144 valence electrons. The van der Waals surface area contributed by atoms with Gasteiger partial charge >= 0.3 is 11.8 Å². The summed E-state index contributed by atoms with van der Waals surface area (Å²) in [5.74, 6) is -0.743. The Morgan fingerprint density at radius 3 is 2.30 bits per heavy atom. The Morgan fingerprint density at radius 2 is 1.70 bits per heavy atom. The van der Waals surface area contributed by atoms with Crippen LogP contribution < -0.4 is 20.1 Å². The zero-order chi connectivity index (χ0) is 19.8. The average Bonchev–Trinajstić information content (AvgIpc) is 2.71. The largest absolute Gasteiger partial charge is 0.493 e. The molecule has 0 heterocycles. The molecule has 0 spiro atoms. The number of aliphatic hydroxyl groups is 1. The molecule has 0 saturated heterocycles. The van der Waals surface area contributed by atoms with Crippen LogP contribution in [0.15, 0.2) is 47.4 Å². The fourth-order valence-corrected chi connectivity index (χ4v) is 2.72. The maximum absolute atomic E-state index is 12.0. The standard InChI is InChI=1S/C19H22N2O5S/c1-25-16-9-6-13(10-17(16)26-2)21-19(24)18(23)20-11-15(22)12-4-7-14(27-3)8-5-12/h4-10,15,22H,11H2,1-3H3,(H,20,23)(H,21,24). The van der Waals surface area contributed by atoms with Crippen LogP contribution in [0.25, 0.3) is 0 Å². The normalized spacial score (nSPS) is 11.4. The van der Waals surface area contributed by atoms with Crippen molar-refractivity contribution in [1.82, 2.24) is 5.32 Å².